The highest BCUT2D eigenvalue weighted by Gasteiger charge is 2.39. The summed E-state index contributed by atoms with van der Waals surface area (Å²) in [6.07, 6.45) is 6.84. The Hall–Kier alpha value is -0.870. The van der Waals surface area contributed by atoms with E-state index in [9.17, 15) is 0 Å². The Morgan fingerprint density at radius 2 is 2.05 bits per heavy atom. The third kappa shape index (κ3) is 3.23. The molecule has 1 aromatic heterocycles. The number of nitrogens with zero attached hydrogens (tertiary/aromatic N) is 2. The van der Waals surface area contributed by atoms with Crippen LogP contribution in [0, 0.1) is 6.92 Å². The zero-order chi connectivity index (χ0) is 14.6. The summed E-state index contributed by atoms with van der Waals surface area (Å²) in [5, 5.41) is 4.52. The Bertz CT molecular complexity index is 416. The monoisotopic (exact) mass is 279 g/mol. The molecule has 1 aliphatic rings. The number of ether oxygens (including phenoxy) is 1. The highest BCUT2D eigenvalue weighted by atomic mass is 16.5. The Balaban J connectivity index is 2.13. The Morgan fingerprint density at radius 1 is 1.35 bits per heavy atom. The van der Waals surface area contributed by atoms with Gasteiger partial charge in [-0.2, -0.15) is 5.10 Å². The molecule has 1 aliphatic carbocycles. The zero-order valence-corrected chi connectivity index (χ0v) is 13.2. The summed E-state index contributed by atoms with van der Waals surface area (Å²) in [6, 6.07) is 2.22. The fourth-order valence-electron chi connectivity index (χ4n) is 3.51. The molecule has 2 N–H and O–H groups in total. The van der Waals surface area contributed by atoms with Gasteiger partial charge in [0.25, 0.3) is 0 Å². The first kappa shape index (κ1) is 15.5. The molecule has 20 heavy (non-hydrogen) atoms. The van der Waals surface area contributed by atoms with Crippen molar-refractivity contribution in [3.63, 3.8) is 0 Å². The van der Waals surface area contributed by atoms with Crippen LogP contribution in [0.1, 0.15) is 57.3 Å². The van der Waals surface area contributed by atoms with Crippen molar-refractivity contribution in [1.29, 1.82) is 0 Å². The quantitative estimate of drug-likeness (QED) is 0.871. The summed E-state index contributed by atoms with van der Waals surface area (Å²) < 4.78 is 8.20. The maximum Gasteiger partial charge on any atom is 0.0836 e. The second-order valence-corrected chi connectivity index (χ2v) is 5.96. The molecule has 0 bridgehead atoms. The number of rotatable bonds is 6. The minimum atomic E-state index is -0.121. The molecule has 1 fully saturated rings. The number of aromatic nitrogens is 2. The van der Waals surface area contributed by atoms with Gasteiger partial charge < -0.3 is 10.5 Å². The van der Waals surface area contributed by atoms with Crippen LogP contribution in [-0.2, 0) is 17.7 Å². The van der Waals surface area contributed by atoms with Gasteiger partial charge in [-0.25, -0.2) is 0 Å². The maximum atomic E-state index is 6.57. The Morgan fingerprint density at radius 3 is 2.65 bits per heavy atom. The third-order valence-corrected chi connectivity index (χ3v) is 4.52. The van der Waals surface area contributed by atoms with Crippen LogP contribution >= 0.6 is 0 Å². The predicted octanol–water partition coefficient (Wildman–Crippen LogP) is 2.82. The molecule has 0 aliphatic heterocycles. The lowest BCUT2D eigenvalue weighted by Crippen LogP contribution is -2.52. The summed E-state index contributed by atoms with van der Waals surface area (Å²) in [6.45, 7) is 7.89. The van der Waals surface area contributed by atoms with E-state index in [1.54, 1.807) is 0 Å². The molecular weight excluding hydrogens is 250 g/mol. The molecule has 114 valence electrons. The summed E-state index contributed by atoms with van der Waals surface area (Å²) >= 11 is 0. The lowest BCUT2D eigenvalue weighted by molar-refractivity contribution is -0.0820. The summed E-state index contributed by atoms with van der Waals surface area (Å²) in [7, 11) is 0. The molecule has 4 nitrogen and oxygen atoms in total. The minimum Gasteiger partial charge on any atom is -0.374 e. The second kappa shape index (κ2) is 6.72. The lowest BCUT2D eigenvalue weighted by atomic mass is 9.78. The van der Waals surface area contributed by atoms with Crippen molar-refractivity contribution in [2.75, 3.05) is 6.61 Å². The lowest BCUT2D eigenvalue weighted by Gasteiger charge is -2.41. The molecule has 0 spiro atoms. The average Bonchev–Trinajstić information content (AvgIpc) is 2.80. The SMILES string of the molecule is CCOC1(C(N)Cc2cc(C)nn2CC)CCCCC1. The van der Waals surface area contributed by atoms with E-state index in [0.717, 1.165) is 38.1 Å². The van der Waals surface area contributed by atoms with Crippen molar-refractivity contribution in [1.82, 2.24) is 9.78 Å². The third-order valence-electron chi connectivity index (χ3n) is 4.52. The van der Waals surface area contributed by atoms with Crippen molar-refractivity contribution < 1.29 is 4.74 Å². The van der Waals surface area contributed by atoms with Crippen LogP contribution in [0.5, 0.6) is 0 Å². The summed E-state index contributed by atoms with van der Waals surface area (Å²) in [5.41, 5.74) is 8.76. The number of hydrogen-bond acceptors (Lipinski definition) is 3. The fourth-order valence-corrected chi connectivity index (χ4v) is 3.51. The van der Waals surface area contributed by atoms with Gasteiger partial charge in [-0.05, 0) is 39.7 Å². The Kier molecular flexibility index (Phi) is 5.22. The smallest absolute Gasteiger partial charge is 0.0836 e. The predicted molar refractivity (Wildman–Crippen MR) is 81.8 cm³/mol. The normalized spacial score (nSPS) is 20.0. The first-order valence-electron chi connectivity index (χ1n) is 8.04. The molecule has 2 rings (SSSR count). The average molecular weight is 279 g/mol. The number of hydrogen-bond donors (Lipinski definition) is 1. The molecule has 1 unspecified atom stereocenters. The fraction of sp³-hybridized carbons (Fsp3) is 0.812. The van der Waals surface area contributed by atoms with Gasteiger partial charge in [0.15, 0.2) is 0 Å². The maximum absolute atomic E-state index is 6.57. The molecule has 1 heterocycles. The van der Waals surface area contributed by atoms with Crippen molar-refractivity contribution >= 4 is 0 Å². The summed E-state index contributed by atoms with van der Waals surface area (Å²) in [4.78, 5) is 0. The van der Waals surface area contributed by atoms with Crippen molar-refractivity contribution in [3.05, 3.63) is 17.5 Å². The van der Waals surface area contributed by atoms with E-state index in [4.69, 9.17) is 10.5 Å². The van der Waals surface area contributed by atoms with Gasteiger partial charge in [0.05, 0.1) is 11.3 Å². The highest BCUT2D eigenvalue weighted by Crippen LogP contribution is 2.35. The van der Waals surface area contributed by atoms with E-state index in [-0.39, 0.29) is 11.6 Å². The molecule has 1 aromatic rings. The molecular formula is C16H29N3O. The van der Waals surface area contributed by atoms with Crippen molar-refractivity contribution in [3.8, 4) is 0 Å². The second-order valence-electron chi connectivity index (χ2n) is 5.96. The highest BCUT2D eigenvalue weighted by molar-refractivity contribution is 5.12. The van der Waals surface area contributed by atoms with E-state index in [2.05, 4.69) is 29.7 Å². The van der Waals surface area contributed by atoms with Crippen LogP contribution in [-0.4, -0.2) is 28.0 Å². The molecule has 4 heteroatoms. The van der Waals surface area contributed by atoms with Crippen LogP contribution in [0.2, 0.25) is 0 Å². The first-order chi connectivity index (χ1) is 9.61. The molecule has 0 amide bonds. The van der Waals surface area contributed by atoms with Gasteiger partial charge in [0, 0.05) is 31.3 Å². The number of aryl methyl sites for hydroxylation is 2. The van der Waals surface area contributed by atoms with Gasteiger partial charge in [-0.1, -0.05) is 19.3 Å². The van der Waals surface area contributed by atoms with Gasteiger partial charge in [0.2, 0.25) is 0 Å². The summed E-state index contributed by atoms with van der Waals surface area (Å²) in [5.74, 6) is 0. The minimum absolute atomic E-state index is 0.0594. The largest absolute Gasteiger partial charge is 0.374 e. The standard InChI is InChI=1S/C16H29N3O/c1-4-19-14(11-13(3)18-19)12-15(17)16(20-5-2)9-7-6-8-10-16/h11,15H,4-10,12,17H2,1-3H3. The molecule has 1 saturated carbocycles. The van der Waals surface area contributed by atoms with Crippen LogP contribution in [0.15, 0.2) is 6.07 Å². The van der Waals surface area contributed by atoms with E-state index in [0.29, 0.717) is 0 Å². The topological polar surface area (TPSA) is 53.1 Å². The van der Waals surface area contributed by atoms with Crippen molar-refractivity contribution in [2.24, 2.45) is 5.73 Å². The van der Waals surface area contributed by atoms with Crippen molar-refractivity contribution in [2.45, 2.75) is 77.5 Å². The van der Waals surface area contributed by atoms with E-state index >= 15 is 0 Å². The molecule has 0 saturated heterocycles. The van der Waals surface area contributed by atoms with Crippen LogP contribution in [0.3, 0.4) is 0 Å². The molecule has 1 atom stereocenters. The van der Waals surface area contributed by atoms with E-state index in [1.165, 1.54) is 25.0 Å². The van der Waals surface area contributed by atoms with E-state index < -0.39 is 0 Å². The van der Waals surface area contributed by atoms with Crippen LogP contribution < -0.4 is 5.73 Å². The zero-order valence-electron chi connectivity index (χ0n) is 13.2. The van der Waals surface area contributed by atoms with Gasteiger partial charge in [-0.3, -0.25) is 4.68 Å². The van der Waals surface area contributed by atoms with Gasteiger partial charge >= 0.3 is 0 Å². The van der Waals surface area contributed by atoms with Gasteiger partial charge in [0.1, 0.15) is 0 Å². The van der Waals surface area contributed by atoms with Crippen LogP contribution in [0.25, 0.3) is 0 Å². The Labute approximate surface area is 122 Å². The van der Waals surface area contributed by atoms with Gasteiger partial charge in [-0.15, -0.1) is 0 Å². The van der Waals surface area contributed by atoms with Crippen LogP contribution in [0.4, 0.5) is 0 Å². The molecule has 0 aromatic carbocycles. The van der Waals surface area contributed by atoms with E-state index in [1.807, 2.05) is 6.92 Å². The molecule has 0 radical (unpaired) electrons. The first-order valence-corrected chi connectivity index (χ1v) is 8.04. The number of nitrogens with two attached hydrogens (primary N) is 1.